The highest BCUT2D eigenvalue weighted by Crippen LogP contribution is 2.19. The summed E-state index contributed by atoms with van der Waals surface area (Å²) in [5.74, 6) is -0.0952. The van der Waals surface area contributed by atoms with Gasteiger partial charge in [-0.25, -0.2) is 0 Å². The molecule has 1 heterocycles. The molecule has 0 aliphatic rings. The van der Waals surface area contributed by atoms with E-state index in [2.05, 4.69) is 27.0 Å². The van der Waals surface area contributed by atoms with Crippen LogP contribution in [-0.2, 0) is 4.79 Å². The highest BCUT2D eigenvalue weighted by Gasteiger charge is 2.15. The highest BCUT2D eigenvalue weighted by molar-refractivity contribution is 7.07. The van der Waals surface area contributed by atoms with E-state index in [1.807, 2.05) is 37.7 Å². The van der Waals surface area contributed by atoms with E-state index in [-0.39, 0.29) is 17.9 Å². The van der Waals surface area contributed by atoms with Gasteiger partial charge in [0.05, 0.1) is 6.04 Å². The zero-order valence-corrected chi connectivity index (χ0v) is 15.5. The fourth-order valence-corrected chi connectivity index (χ4v) is 3.21. The van der Waals surface area contributed by atoms with Crippen molar-refractivity contribution in [2.45, 2.75) is 18.9 Å². The molecule has 5 nitrogen and oxygen atoms in total. The molecule has 1 atom stereocenters. The number of nitrogens with one attached hydrogen (secondary N) is 2. The lowest BCUT2D eigenvalue weighted by Crippen LogP contribution is -2.34. The first-order valence-electron chi connectivity index (χ1n) is 8.36. The van der Waals surface area contributed by atoms with Crippen LogP contribution in [0.15, 0.2) is 47.2 Å². The van der Waals surface area contributed by atoms with Crippen LogP contribution in [-0.4, -0.2) is 43.9 Å². The number of hydrogen-bond donors (Lipinski definition) is 2. The lowest BCUT2D eigenvalue weighted by atomic mass is 10.1. The van der Waals surface area contributed by atoms with Crippen molar-refractivity contribution < 1.29 is 9.59 Å². The summed E-state index contributed by atoms with van der Waals surface area (Å²) in [6.07, 6.45) is 1.02. The predicted octanol–water partition coefficient (Wildman–Crippen LogP) is 2.68. The molecule has 0 saturated heterocycles. The van der Waals surface area contributed by atoms with E-state index in [0.717, 1.165) is 0 Å². The molecular weight excluding hydrogens is 334 g/mol. The van der Waals surface area contributed by atoms with E-state index in [9.17, 15) is 9.59 Å². The van der Waals surface area contributed by atoms with Gasteiger partial charge in [0.25, 0.3) is 5.91 Å². The molecule has 0 radical (unpaired) electrons. The average molecular weight is 359 g/mol. The van der Waals surface area contributed by atoms with Crippen LogP contribution >= 0.6 is 11.3 Å². The van der Waals surface area contributed by atoms with Crippen molar-refractivity contribution in [3.05, 3.63) is 58.3 Å². The second kappa shape index (κ2) is 9.96. The van der Waals surface area contributed by atoms with Crippen LogP contribution in [0.3, 0.4) is 0 Å². The molecule has 6 heteroatoms. The molecule has 0 saturated carbocycles. The summed E-state index contributed by atoms with van der Waals surface area (Å²) in [4.78, 5) is 26.0. The number of carbonyl (C=O) groups excluding carboxylic acids is 2. The number of benzene rings is 1. The Morgan fingerprint density at radius 1 is 1.12 bits per heavy atom. The molecule has 2 N–H and O–H groups in total. The van der Waals surface area contributed by atoms with Gasteiger partial charge in [0, 0.05) is 25.1 Å². The number of amides is 2. The molecule has 0 spiro atoms. The standard InChI is InChI=1S/C19H25N3O2S/c1-22(2)17(16-10-12-25-14-16)13-21-18(23)9-6-11-20-19(24)15-7-4-3-5-8-15/h3-5,7-8,10,12,14,17H,6,9,11,13H2,1-2H3,(H,20,24)(H,21,23). The molecule has 134 valence electrons. The van der Waals surface area contributed by atoms with E-state index in [1.165, 1.54) is 5.56 Å². The number of rotatable bonds is 9. The molecule has 0 aliphatic heterocycles. The Morgan fingerprint density at radius 2 is 1.88 bits per heavy atom. The Hall–Kier alpha value is -2.18. The minimum Gasteiger partial charge on any atom is -0.354 e. The van der Waals surface area contributed by atoms with E-state index in [1.54, 1.807) is 23.5 Å². The fraction of sp³-hybridized carbons (Fsp3) is 0.368. The quantitative estimate of drug-likeness (QED) is 0.677. The summed E-state index contributed by atoms with van der Waals surface area (Å²) in [5, 5.41) is 9.97. The predicted molar refractivity (Wildman–Crippen MR) is 102 cm³/mol. The van der Waals surface area contributed by atoms with Gasteiger partial charge in [-0.3, -0.25) is 9.59 Å². The molecule has 2 amide bonds. The first-order chi connectivity index (χ1) is 12.1. The molecule has 2 aromatic rings. The summed E-state index contributed by atoms with van der Waals surface area (Å²) >= 11 is 1.66. The van der Waals surface area contributed by atoms with Crippen molar-refractivity contribution in [2.24, 2.45) is 0 Å². The lowest BCUT2D eigenvalue weighted by molar-refractivity contribution is -0.121. The molecule has 0 bridgehead atoms. The lowest BCUT2D eigenvalue weighted by Gasteiger charge is -2.24. The number of thiophene rings is 1. The minimum atomic E-state index is -0.105. The molecular formula is C19H25N3O2S. The third-order valence-electron chi connectivity index (χ3n) is 3.95. The summed E-state index contributed by atoms with van der Waals surface area (Å²) < 4.78 is 0. The third kappa shape index (κ3) is 6.32. The van der Waals surface area contributed by atoms with Crippen molar-refractivity contribution in [1.82, 2.24) is 15.5 Å². The fourth-order valence-electron chi connectivity index (χ4n) is 2.50. The van der Waals surface area contributed by atoms with E-state index in [4.69, 9.17) is 0 Å². The number of hydrogen-bond acceptors (Lipinski definition) is 4. The maximum atomic E-state index is 12.0. The Bertz CT molecular complexity index is 657. The SMILES string of the molecule is CN(C)C(CNC(=O)CCCNC(=O)c1ccccc1)c1ccsc1. The minimum absolute atomic E-state index is 0.0102. The van der Waals surface area contributed by atoms with Crippen LogP contribution in [0.25, 0.3) is 0 Å². The number of nitrogens with zero attached hydrogens (tertiary/aromatic N) is 1. The first-order valence-corrected chi connectivity index (χ1v) is 9.30. The van der Waals surface area contributed by atoms with Gasteiger partial charge in [-0.05, 0) is 55.0 Å². The summed E-state index contributed by atoms with van der Waals surface area (Å²) in [6.45, 7) is 1.07. The molecule has 1 unspecified atom stereocenters. The molecule has 0 fully saturated rings. The normalized spacial score (nSPS) is 12.0. The van der Waals surface area contributed by atoms with Gasteiger partial charge in [-0.2, -0.15) is 11.3 Å². The maximum Gasteiger partial charge on any atom is 0.251 e. The zero-order valence-electron chi connectivity index (χ0n) is 14.7. The highest BCUT2D eigenvalue weighted by atomic mass is 32.1. The van der Waals surface area contributed by atoms with Crippen molar-refractivity contribution in [3.63, 3.8) is 0 Å². The van der Waals surface area contributed by atoms with Crippen molar-refractivity contribution in [2.75, 3.05) is 27.2 Å². The van der Waals surface area contributed by atoms with Crippen molar-refractivity contribution in [3.8, 4) is 0 Å². The van der Waals surface area contributed by atoms with Gasteiger partial charge in [-0.15, -0.1) is 0 Å². The average Bonchev–Trinajstić information content (AvgIpc) is 3.13. The monoisotopic (exact) mass is 359 g/mol. The van der Waals surface area contributed by atoms with Crippen LogP contribution in [0, 0.1) is 0 Å². The molecule has 1 aromatic heterocycles. The van der Waals surface area contributed by atoms with E-state index >= 15 is 0 Å². The topological polar surface area (TPSA) is 61.4 Å². The van der Waals surface area contributed by atoms with Gasteiger partial charge in [0.15, 0.2) is 0 Å². The van der Waals surface area contributed by atoms with Gasteiger partial charge in [0.1, 0.15) is 0 Å². The van der Waals surface area contributed by atoms with E-state index in [0.29, 0.717) is 31.5 Å². The summed E-state index contributed by atoms with van der Waals surface area (Å²) in [7, 11) is 4.02. The van der Waals surface area contributed by atoms with Crippen LogP contribution in [0.4, 0.5) is 0 Å². The second-order valence-corrected chi connectivity index (χ2v) is 6.85. The third-order valence-corrected chi connectivity index (χ3v) is 4.65. The maximum absolute atomic E-state index is 12.0. The largest absolute Gasteiger partial charge is 0.354 e. The van der Waals surface area contributed by atoms with E-state index < -0.39 is 0 Å². The van der Waals surface area contributed by atoms with Crippen LogP contribution in [0.5, 0.6) is 0 Å². The summed E-state index contributed by atoms with van der Waals surface area (Å²) in [6, 6.07) is 11.3. The molecule has 25 heavy (non-hydrogen) atoms. The van der Waals surface area contributed by atoms with Crippen molar-refractivity contribution >= 4 is 23.2 Å². The summed E-state index contributed by atoms with van der Waals surface area (Å²) in [5.41, 5.74) is 1.85. The first kappa shape index (κ1) is 19.1. The Kier molecular flexibility index (Phi) is 7.63. The van der Waals surface area contributed by atoms with Crippen LogP contribution in [0.1, 0.15) is 34.8 Å². The van der Waals surface area contributed by atoms with Gasteiger partial charge in [0.2, 0.25) is 5.91 Å². The smallest absolute Gasteiger partial charge is 0.251 e. The Labute approximate surface area is 153 Å². The molecule has 0 aliphatic carbocycles. The Balaban J connectivity index is 1.66. The Morgan fingerprint density at radius 3 is 2.52 bits per heavy atom. The molecule has 2 rings (SSSR count). The number of likely N-dealkylation sites (N-methyl/N-ethyl adjacent to an activating group) is 1. The van der Waals surface area contributed by atoms with Crippen LogP contribution in [0.2, 0.25) is 0 Å². The van der Waals surface area contributed by atoms with Gasteiger partial charge < -0.3 is 15.5 Å². The molecule has 1 aromatic carbocycles. The van der Waals surface area contributed by atoms with Gasteiger partial charge >= 0.3 is 0 Å². The second-order valence-electron chi connectivity index (χ2n) is 6.07. The number of carbonyl (C=O) groups is 2. The van der Waals surface area contributed by atoms with Gasteiger partial charge in [-0.1, -0.05) is 18.2 Å². The zero-order chi connectivity index (χ0) is 18.1. The van der Waals surface area contributed by atoms with Crippen molar-refractivity contribution in [1.29, 1.82) is 0 Å². The van der Waals surface area contributed by atoms with Crippen LogP contribution < -0.4 is 10.6 Å².